The zero-order chi connectivity index (χ0) is 27.9. The molecule has 8 nitrogen and oxygen atoms in total. The van der Waals surface area contributed by atoms with Crippen molar-refractivity contribution in [1.29, 1.82) is 0 Å². The van der Waals surface area contributed by atoms with Crippen molar-refractivity contribution in [2.24, 2.45) is 5.92 Å². The molecule has 0 spiro atoms. The lowest BCUT2D eigenvalue weighted by Crippen LogP contribution is -2.22. The molecule has 0 aliphatic heterocycles. The number of ketones is 1. The van der Waals surface area contributed by atoms with Crippen LogP contribution in [0, 0.1) is 5.92 Å². The number of nitrogens with two attached hydrogens (primary N) is 1. The molecule has 0 fully saturated rings. The highest BCUT2D eigenvalue weighted by molar-refractivity contribution is 6.01. The van der Waals surface area contributed by atoms with Crippen molar-refractivity contribution in [2.45, 2.75) is 20.0 Å². The highest BCUT2D eigenvalue weighted by atomic mass is 16.6. The maximum atomic E-state index is 13.0. The van der Waals surface area contributed by atoms with Crippen LogP contribution in [0.3, 0.4) is 0 Å². The third-order valence-electron chi connectivity index (χ3n) is 6.26. The number of amides is 2. The fraction of sp³-hybridized carbons (Fsp3) is 0.129. The molecule has 4 rings (SSSR count). The summed E-state index contributed by atoms with van der Waals surface area (Å²) in [5.41, 5.74) is 8.50. The lowest BCUT2D eigenvalue weighted by atomic mass is 9.92. The van der Waals surface area contributed by atoms with Crippen LogP contribution in [-0.2, 0) is 9.53 Å². The summed E-state index contributed by atoms with van der Waals surface area (Å²) in [7, 11) is 0. The molecule has 5 N–H and O–H groups in total. The summed E-state index contributed by atoms with van der Waals surface area (Å²) in [5, 5.41) is 17.1. The molecule has 198 valence electrons. The minimum Gasteiger partial charge on any atom is -0.507 e. The fourth-order valence-electron chi connectivity index (χ4n) is 4.18. The number of phenolic OH excluding ortho intramolecular Hbond substituents is 1. The van der Waals surface area contributed by atoms with E-state index in [1.807, 2.05) is 25.1 Å². The molecule has 39 heavy (non-hydrogen) atoms. The SMILES string of the molecule is CC(=O)c1ccc(NC(=O)O[C@@H](c2ccc(O)c3ccccc23)[C@@H](C)/C=C/C(=O)Nc2ccccc2N)cc1. The van der Waals surface area contributed by atoms with E-state index in [0.29, 0.717) is 39.0 Å². The molecule has 0 aliphatic carbocycles. The van der Waals surface area contributed by atoms with Crippen LogP contribution < -0.4 is 16.4 Å². The molecule has 0 unspecified atom stereocenters. The number of nitrogen functional groups attached to an aromatic ring is 1. The number of Topliss-reactive ketones (excluding diaryl/α,β-unsaturated/α-hetero) is 1. The summed E-state index contributed by atoms with van der Waals surface area (Å²) < 4.78 is 5.90. The summed E-state index contributed by atoms with van der Waals surface area (Å²) >= 11 is 0. The van der Waals surface area contributed by atoms with Gasteiger partial charge in [0.05, 0.1) is 11.4 Å². The number of fused-ring (bicyclic) bond motifs is 1. The summed E-state index contributed by atoms with van der Waals surface area (Å²) in [6.07, 6.45) is 1.50. The molecule has 0 aliphatic rings. The Morgan fingerprint density at radius 3 is 2.23 bits per heavy atom. The second kappa shape index (κ2) is 12.0. The number of ether oxygens (including phenoxy) is 1. The maximum Gasteiger partial charge on any atom is 0.412 e. The number of carbonyl (C=O) groups excluding carboxylic acids is 3. The molecular formula is C31H29N3O5. The van der Waals surface area contributed by atoms with Gasteiger partial charge >= 0.3 is 6.09 Å². The Labute approximate surface area is 226 Å². The minimum atomic E-state index is -0.808. The molecule has 4 aromatic carbocycles. The van der Waals surface area contributed by atoms with Crippen LogP contribution in [0.5, 0.6) is 5.75 Å². The monoisotopic (exact) mass is 523 g/mol. The Bertz CT molecular complexity index is 1550. The van der Waals surface area contributed by atoms with Crippen LogP contribution in [-0.4, -0.2) is 22.9 Å². The van der Waals surface area contributed by atoms with Crippen LogP contribution in [0.1, 0.15) is 35.9 Å². The van der Waals surface area contributed by atoms with Crippen LogP contribution in [0.2, 0.25) is 0 Å². The average Bonchev–Trinajstić information content (AvgIpc) is 2.92. The van der Waals surface area contributed by atoms with Crippen LogP contribution in [0.15, 0.2) is 97.1 Å². The van der Waals surface area contributed by atoms with Crippen molar-refractivity contribution in [3.63, 3.8) is 0 Å². The largest absolute Gasteiger partial charge is 0.507 e. The Morgan fingerprint density at radius 1 is 0.872 bits per heavy atom. The summed E-state index contributed by atoms with van der Waals surface area (Å²) in [6.45, 7) is 3.29. The van der Waals surface area contributed by atoms with E-state index in [1.54, 1.807) is 72.8 Å². The average molecular weight is 524 g/mol. The topological polar surface area (TPSA) is 131 Å². The zero-order valence-corrected chi connectivity index (χ0v) is 21.5. The number of phenols is 1. The van der Waals surface area contributed by atoms with Gasteiger partial charge in [0.25, 0.3) is 0 Å². The molecule has 0 radical (unpaired) electrons. The minimum absolute atomic E-state index is 0.0806. The Kier molecular flexibility index (Phi) is 8.26. The van der Waals surface area contributed by atoms with E-state index in [9.17, 15) is 19.5 Å². The quantitative estimate of drug-likeness (QED) is 0.119. The van der Waals surface area contributed by atoms with Crippen molar-refractivity contribution >= 4 is 45.6 Å². The summed E-state index contributed by atoms with van der Waals surface area (Å²) in [5.74, 6) is -0.805. The van der Waals surface area contributed by atoms with Crippen LogP contribution >= 0.6 is 0 Å². The van der Waals surface area contributed by atoms with E-state index in [0.717, 1.165) is 0 Å². The van der Waals surface area contributed by atoms with Crippen molar-refractivity contribution in [1.82, 2.24) is 0 Å². The van der Waals surface area contributed by atoms with Gasteiger partial charge in [-0.1, -0.05) is 55.5 Å². The Morgan fingerprint density at radius 2 is 1.54 bits per heavy atom. The van der Waals surface area contributed by atoms with Gasteiger partial charge < -0.3 is 20.9 Å². The van der Waals surface area contributed by atoms with Gasteiger partial charge in [0.15, 0.2) is 5.78 Å². The predicted molar refractivity (Wildman–Crippen MR) is 153 cm³/mol. The van der Waals surface area contributed by atoms with Crippen LogP contribution in [0.25, 0.3) is 10.8 Å². The number of anilines is 3. The molecular weight excluding hydrogens is 494 g/mol. The summed E-state index contributed by atoms with van der Waals surface area (Å²) in [4.78, 5) is 37.1. The van der Waals surface area contributed by atoms with Gasteiger partial charge in [-0.2, -0.15) is 0 Å². The Hall–Kier alpha value is -5.11. The lowest BCUT2D eigenvalue weighted by Gasteiger charge is -2.24. The first-order valence-corrected chi connectivity index (χ1v) is 12.4. The van der Waals surface area contributed by atoms with Crippen LogP contribution in [0.4, 0.5) is 21.9 Å². The van der Waals surface area contributed by atoms with Gasteiger partial charge in [-0.25, -0.2) is 4.79 Å². The number of rotatable bonds is 8. The number of para-hydroxylation sites is 2. The van der Waals surface area contributed by atoms with E-state index < -0.39 is 18.1 Å². The first kappa shape index (κ1) is 26.9. The third-order valence-corrected chi connectivity index (χ3v) is 6.26. The molecule has 0 bridgehead atoms. The number of hydrogen-bond acceptors (Lipinski definition) is 6. The zero-order valence-electron chi connectivity index (χ0n) is 21.5. The number of carbonyl (C=O) groups is 3. The fourth-order valence-corrected chi connectivity index (χ4v) is 4.18. The van der Waals surface area contributed by atoms with Crippen molar-refractivity contribution < 1.29 is 24.2 Å². The van der Waals surface area contributed by atoms with Gasteiger partial charge in [0.1, 0.15) is 11.9 Å². The molecule has 0 heterocycles. The normalized spacial score (nSPS) is 12.6. The van der Waals surface area contributed by atoms with E-state index in [2.05, 4.69) is 10.6 Å². The van der Waals surface area contributed by atoms with E-state index >= 15 is 0 Å². The number of aromatic hydroxyl groups is 1. The van der Waals surface area contributed by atoms with Crippen molar-refractivity contribution in [2.75, 3.05) is 16.4 Å². The highest BCUT2D eigenvalue weighted by Crippen LogP contribution is 2.36. The van der Waals surface area contributed by atoms with Gasteiger partial charge in [0, 0.05) is 28.1 Å². The molecule has 8 heteroatoms. The van der Waals surface area contributed by atoms with Gasteiger partial charge in [0.2, 0.25) is 5.91 Å². The molecule has 4 aromatic rings. The van der Waals surface area contributed by atoms with E-state index in [1.165, 1.54) is 13.0 Å². The Balaban J connectivity index is 1.59. The lowest BCUT2D eigenvalue weighted by molar-refractivity contribution is -0.111. The van der Waals surface area contributed by atoms with E-state index in [-0.39, 0.29) is 17.4 Å². The van der Waals surface area contributed by atoms with Gasteiger partial charge in [-0.05, 0) is 60.9 Å². The summed E-state index contributed by atoms with van der Waals surface area (Å²) in [6, 6.07) is 23.9. The standard InChI is InChI=1S/C31H29N3O5/c1-19(11-18-29(37)34-27-10-6-5-9-26(27)32)30(25-16-17-28(36)24-8-4-3-7-23(24)25)39-31(38)33-22-14-12-21(13-15-22)20(2)35/h3-19,30,36H,32H2,1-2H3,(H,33,38)(H,34,37)/b18-11+/t19-,30+/m0/s1. The number of nitrogens with one attached hydrogen (secondary N) is 2. The molecule has 0 saturated heterocycles. The predicted octanol–water partition coefficient (Wildman–Crippen LogP) is 6.45. The van der Waals surface area contributed by atoms with Crippen molar-refractivity contribution in [3.05, 3.63) is 108 Å². The third kappa shape index (κ3) is 6.61. The molecule has 2 amide bonds. The molecule has 0 aromatic heterocycles. The maximum absolute atomic E-state index is 13.0. The first-order valence-electron chi connectivity index (χ1n) is 12.4. The van der Waals surface area contributed by atoms with Gasteiger partial charge in [-0.3, -0.25) is 14.9 Å². The second-order valence-electron chi connectivity index (χ2n) is 9.10. The molecule has 0 saturated carbocycles. The van der Waals surface area contributed by atoms with Gasteiger partial charge in [-0.15, -0.1) is 0 Å². The highest BCUT2D eigenvalue weighted by Gasteiger charge is 2.25. The number of benzene rings is 4. The van der Waals surface area contributed by atoms with Crippen molar-refractivity contribution in [3.8, 4) is 5.75 Å². The second-order valence-corrected chi connectivity index (χ2v) is 9.10. The first-order chi connectivity index (χ1) is 18.7. The smallest absolute Gasteiger partial charge is 0.412 e. The number of hydrogen-bond donors (Lipinski definition) is 4. The van der Waals surface area contributed by atoms with E-state index in [4.69, 9.17) is 10.5 Å². The molecule has 2 atom stereocenters.